The van der Waals surface area contributed by atoms with E-state index in [4.69, 9.17) is 9.47 Å². The number of hydrogen-bond acceptors (Lipinski definition) is 7. The summed E-state index contributed by atoms with van der Waals surface area (Å²) >= 11 is 0. The minimum absolute atomic E-state index is 0.0785. The van der Waals surface area contributed by atoms with Crippen molar-refractivity contribution < 1.29 is 23.9 Å². The molecule has 0 heterocycles. The Bertz CT molecular complexity index is 697. The Kier molecular flexibility index (Phi) is 6.95. The van der Waals surface area contributed by atoms with Crippen molar-refractivity contribution in [2.24, 2.45) is 5.92 Å². The summed E-state index contributed by atoms with van der Waals surface area (Å²) < 4.78 is 10.2. The van der Waals surface area contributed by atoms with Crippen LogP contribution in [0.2, 0.25) is 0 Å². The first-order valence-electron chi connectivity index (χ1n) is 8.39. The predicted octanol–water partition coefficient (Wildman–Crippen LogP) is 1.31. The number of alkyl carbamates (subject to hydrolysis) is 1. The number of esters is 1. The lowest BCUT2D eigenvalue weighted by Gasteiger charge is -2.36. The molecule has 0 fully saturated rings. The maximum Gasteiger partial charge on any atom is 0.407 e. The van der Waals surface area contributed by atoms with Crippen LogP contribution in [0.1, 0.15) is 41.0 Å². The summed E-state index contributed by atoms with van der Waals surface area (Å²) in [5.74, 6) is -1.89. The van der Waals surface area contributed by atoms with Gasteiger partial charge in [-0.3, -0.25) is 9.59 Å². The highest BCUT2D eigenvalue weighted by Crippen LogP contribution is 2.31. The molecule has 0 spiro atoms. The highest BCUT2D eigenvalue weighted by Gasteiger charge is 2.46. The molecule has 0 aromatic rings. The third-order valence-corrected chi connectivity index (χ3v) is 3.72. The molecule has 1 rings (SSSR count). The molecule has 0 aliphatic heterocycles. The lowest BCUT2D eigenvalue weighted by molar-refractivity contribution is -0.150. The molecule has 0 unspecified atom stereocenters. The average Bonchev–Trinajstić information content (AvgIpc) is 2.51. The molecule has 0 saturated heterocycles. The smallest absolute Gasteiger partial charge is 0.407 e. The van der Waals surface area contributed by atoms with E-state index in [1.54, 1.807) is 39.0 Å². The number of nitrogens with zero attached hydrogens (tertiary/aromatic N) is 2. The van der Waals surface area contributed by atoms with Gasteiger partial charge in [-0.1, -0.05) is 12.2 Å². The molecule has 9 nitrogen and oxygen atoms in total. The molecular formula is C18H24N4O5. The minimum atomic E-state index is -2.03. The van der Waals surface area contributed by atoms with Crippen LogP contribution in [0.4, 0.5) is 4.79 Å². The Morgan fingerprint density at radius 3 is 2.07 bits per heavy atom. The van der Waals surface area contributed by atoms with E-state index in [1.807, 2.05) is 0 Å². The normalized spacial score (nSPS) is 22.0. The Labute approximate surface area is 158 Å². The summed E-state index contributed by atoms with van der Waals surface area (Å²) in [5.41, 5.74) is -2.75. The van der Waals surface area contributed by atoms with Crippen LogP contribution in [0, 0.1) is 28.6 Å². The number of amides is 2. The molecule has 27 heavy (non-hydrogen) atoms. The summed E-state index contributed by atoms with van der Waals surface area (Å²) in [6.45, 7) is 7.56. The Morgan fingerprint density at radius 1 is 1.04 bits per heavy atom. The van der Waals surface area contributed by atoms with E-state index in [0.29, 0.717) is 0 Å². The van der Waals surface area contributed by atoms with Crippen molar-refractivity contribution in [3.63, 3.8) is 0 Å². The van der Waals surface area contributed by atoms with Gasteiger partial charge in [0.2, 0.25) is 5.91 Å². The molecule has 0 aromatic carbocycles. The van der Waals surface area contributed by atoms with Crippen LogP contribution in [0.25, 0.3) is 0 Å². The van der Waals surface area contributed by atoms with Crippen molar-refractivity contribution >= 4 is 18.0 Å². The van der Waals surface area contributed by atoms with Crippen molar-refractivity contribution in [3.8, 4) is 12.1 Å². The summed E-state index contributed by atoms with van der Waals surface area (Å²) in [6, 6.07) is 2.25. The molecule has 0 saturated carbocycles. The largest absolute Gasteiger partial charge is 0.444 e. The number of nitriles is 2. The third kappa shape index (κ3) is 6.30. The van der Waals surface area contributed by atoms with Gasteiger partial charge in [-0.05, 0) is 27.2 Å². The summed E-state index contributed by atoms with van der Waals surface area (Å²) in [7, 11) is 0. The number of rotatable bonds is 4. The van der Waals surface area contributed by atoms with Crippen LogP contribution in [-0.2, 0) is 19.1 Å². The van der Waals surface area contributed by atoms with Gasteiger partial charge < -0.3 is 20.1 Å². The third-order valence-electron chi connectivity index (χ3n) is 3.72. The summed E-state index contributed by atoms with van der Waals surface area (Å²) in [4.78, 5) is 34.9. The van der Waals surface area contributed by atoms with Crippen LogP contribution >= 0.6 is 0 Å². The first-order valence-corrected chi connectivity index (χ1v) is 8.39. The van der Waals surface area contributed by atoms with Crippen molar-refractivity contribution in [1.82, 2.24) is 10.6 Å². The zero-order valence-electron chi connectivity index (χ0n) is 16.0. The number of ether oxygens (including phenoxy) is 2. The van der Waals surface area contributed by atoms with Gasteiger partial charge in [0.25, 0.3) is 5.60 Å². The molecule has 146 valence electrons. The maximum atomic E-state index is 12.1. The van der Waals surface area contributed by atoms with Crippen LogP contribution in [-0.4, -0.2) is 41.3 Å². The van der Waals surface area contributed by atoms with Gasteiger partial charge in [0.15, 0.2) is 0 Å². The molecular weight excluding hydrogens is 352 g/mol. The second kappa shape index (κ2) is 8.54. The molecule has 0 bridgehead atoms. The first kappa shape index (κ1) is 22.0. The SMILES string of the molecule is CC(=O)N[C@H]1C=C[C@@H](C(C#N)(C#N)OC(C)=O)C[C@@H]1NC(=O)OC(C)(C)C. The molecule has 1 aliphatic rings. The van der Waals surface area contributed by atoms with Gasteiger partial charge in [0.05, 0.1) is 12.1 Å². The molecule has 9 heteroatoms. The van der Waals surface area contributed by atoms with E-state index in [2.05, 4.69) is 10.6 Å². The van der Waals surface area contributed by atoms with Crippen LogP contribution in [0.15, 0.2) is 12.2 Å². The highest BCUT2D eigenvalue weighted by atomic mass is 16.6. The quantitative estimate of drug-likeness (QED) is 0.556. The van der Waals surface area contributed by atoms with Crippen LogP contribution in [0.3, 0.4) is 0 Å². The van der Waals surface area contributed by atoms with Gasteiger partial charge in [-0.25, -0.2) is 4.79 Å². The van der Waals surface area contributed by atoms with Gasteiger partial charge in [-0.2, -0.15) is 10.5 Å². The molecule has 0 aromatic heterocycles. The van der Waals surface area contributed by atoms with Gasteiger partial charge in [0.1, 0.15) is 17.7 Å². The van der Waals surface area contributed by atoms with E-state index >= 15 is 0 Å². The lowest BCUT2D eigenvalue weighted by atomic mass is 9.78. The zero-order chi connectivity index (χ0) is 20.8. The standard InChI is InChI=1S/C18H24N4O5/c1-11(23)21-14-7-6-13(18(9-19,10-20)26-12(2)24)8-15(14)22-16(25)27-17(3,4)5/h6-7,13-15H,8H2,1-5H3,(H,21,23)(H,22,25)/t13-,14+,15+/m1/s1. The van der Waals surface area contributed by atoms with E-state index in [9.17, 15) is 24.9 Å². The molecule has 2 N–H and O–H groups in total. The zero-order valence-corrected chi connectivity index (χ0v) is 16.0. The minimum Gasteiger partial charge on any atom is -0.444 e. The van der Waals surface area contributed by atoms with Gasteiger partial charge in [-0.15, -0.1) is 0 Å². The van der Waals surface area contributed by atoms with Crippen molar-refractivity contribution in [2.75, 3.05) is 0 Å². The van der Waals surface area contributed by atoms with Crippen molar-refractivity contribution in [1.29, 1.82) is 10.5 Å². The predicted molar refractivity (Wildman–Crippen MR) is 93.7 cm³/mol. The number of hydrogen-bond donors (Lipinski definition) is 2. The Hall–Kier alpha value is -3.07. The van der Waals surface area contributed by atoms with E-state index in [0.717, 1.165) is 6.92 Å². The molecule has 0 radical (unpaired) electrons. The Morgan fingerprint density at radius 2 is 1.63 bits per heavy atom. The molecule has 1 aliphatic carbocycles. The lowest BCUT2D eigenvalue weighted by Crippen LogP contribution is -2.55. The number of nitrogens with one attached hydrogen (secondary N) is 2. The van der Waals surface area contributed by atoms with Crippen molar-refractivity contribution in [2.45, 2.75) is 64.3 Å². The maximum absolute atomic E-state index is 12.1. The molecule has 3 atom stereocenters. The second-order valence-corrected chi connectivity index (χ2v) is 7.26. The fourth-order valence-electron chi connectivity index (χ4n) is 2.72. The van der Waals surface area contributed by atoms with E-state index in [-0.39, 0.29) is 12.3 Å². The van der Waals surface area contributed by atoms with Gasteiger partial charge >= 0.3 is 12.1 Å². The monoisotopic (exact) mass is 376 g/mol. The van der Waals surface area contributed by atoms with Gasteiger partial charge in [0, 0.05) is 19.8 Å². The fourth-order valence-corrected chi connectivity index (χ4v) is 2.72. The highest BCUT2D eigenvalue weighted by molar-refractivity contribution is 5.74. The number of carbonyl (C=O) groups excluding carboxylic acids is 3. The average molecular weight is 376 g/mol. The fraction of sp³-hybridized carbons (Fsp3) is 0.611. The molecule has 2 amide bonds. The van der Waals surface area contributed by atoms with E-state index in [1.165, 1.54) is 13.0 Å². The second-order valence-electron chi connectivity index (χ2n) is 7.26. The van der Waals surface area contributed by atoms with Crippen molar-refractivity contribution in [3.05, 3.63) is 12.2 Å². The summed E-state index contributed by atoms with van der Waals surface area (Å²) in [5, 5.41) is 24.2. The first-order chi connectivity index (χ1) is 12.4. The number of carbonyl (C=O) groups is 3. The van der Waals surface area contributed by atoms with Crippen LogP contribution in [0.5, 0.6) is 0 Å². The topological polar surface area (TPSA) is 141 Å². The summed E-state index contributed by atoms with van der Waals surface area (Å²) in [6.07, 6.45) is 2.46. The van der Waals surface area contributed by atoms with Crippen LogP contribution < -0.4 is 10.6 Å². The Balaban J connectivity index is 3.12. The van der Waals surface area contributed by atoms with E-state index < -0.39 is 41.3 Å².